The molecule has 0 amide bonds. The largest absolute Gasteiger partial charge is 0.354 e. The molecule has 0 N–H and O–H groups in total. The fraction of sp³-hybridized carbons (Fsp3) is 0.579. The highest BCUT2D eigenvalue weighted by Gasteiger charge is 2.27. The maximum Gasteiger partial charge on any atom is 0.225 e. The molecule has 2 fully saturated rings. The first-order valence-electron chi connectivity index (χ1n) is 9.29. The third kappa shape index (κ3) is 3.43. The molecule has 6 heteroatoms. The minimum atomic E-state index is 0.401. The van der Waals surface area contributed by atoms with Crippen molar-refractivity contribution < 1.29 is 0 Å². The van der Waals surface area contributed by atoms with Gasteiger partial charge in [0.15, 0.2) is 0 Å². The highest BCUT2D eigenvalue weighted by atomic mass is 15.3. The summed E-state index contributed by atoms with van der Waals surface area (Å²) in [6.07, 6.45) is 11.7. The van der Waals surface area contributed by atoms with Crippen LogP contribution < -0.4 is 9.80 Å². The average Bonchev–Trinajstić information content (AvgIpc) is 2.61. The first-order chi connectivity index (χ1) is 12.2. The number of hydrogen-bond acceptors (Lipinski definition) is 6. The molecule has 4 rings (SSSR count). The molecule has 6 nitrogen and oxygen atoms in total. The second-order valence-corrected chi connectivity index (χ2v) is 7.34. The van der Waals surface area contributed by atoms with Crippen molar-refractivity contribution in [1.82, 2.24) is 19.9 Å². The lowest BCUT2D eigenvalue weighted by atomic mass is 9.83. The van der Waals surface area contributed by atoms with Gasteiger partial charge in [0.2, 0.25) is 5.95 Å². The van der Waals surface area contributed by atoms with E-state index in [1.807, 2.05) is 19.3 Å². The Kier molecular flexibility index (Phi) is 4.51. The minimum absolute atomic E-state index is 0.401. The number of aromatic nitrogens is 4. The van der Waals surface area contributed by atoms with E-state index in [0.717, 1.165) is 43.3 Å². The van der Waals surface area contributed by atoms with E-state index in [1.165, 1.54) is 25.0 Å². The molecular formula is C19H26N6. The van der Waals surface area contributed by atoms with Gasteiger partial charge in [-0.3, -0.25) is 0 Å². The van der Waals surface area contributed by atoms with Crippen molar-refractivity contribution in [2.24, 2.45) is 0 Å². The Morgan fingerprint density at radius 2 is 1.84 bits per heavy atom. The lowest BCUT2D eigenvalue weighted by Gasteiger charge is -2.38. The van der Waals surface area contributed by atoms with Crippen LogP contribution in [0.2, 0.25) is 0 Å². The van der Waals surface area contributed by atoms with Gasteiger partial charge in [0.25, 0.3) is 0 Å². The average molecular weight is 338 g/mol. The van der Waals surface area contributed by atoms with Crippen molar-refractivity contribution >= 4 is 11.8 Å². The maximum absolute atomic E-state index is 4.55. The number of anilines is 2. The summed E-state index contributed by atoms with van der Waals surface area (Å²) < 4.78 is 0. The quantitative estimate of drug-likeness (QED) is 0.854. The molecule has 1 unspecified atom stereocenters. The van der Waals surface area contributed by atoms with Gasteiger partial charge < -0.3 is 9.80 Å². The number of likely N-dealkylation sites (N-methyl/N-ethyl adjacent to an activating group) is 1. The van der Waals surface area contributed by atoms with Crippen LogP contribution in [0, 0.1) is 6.92 Å². The summed E-state index contributed by atoms with van der Waals surface area (Å²) in [4.78, 5) is 22.6. The molecule has 25 heavy (non-hydrogen) atoms. The van der Waals surface area contributed by atoms with Crippen LogP contribution in [0.15, 0.2) is 24.8 Å². The van der Waals surface area contributed by atoms with Gasteiger partial charge in [-0.15, -0.1) is 0 Å². The number of piperidine rings is 1. The standard InChI is InChI=1S/C19H26N6/c1-14-10-20-19(21-11-14)24(2)16-7-4-8-25(12-16)18-9-17(22-13-23-18)15-5-3-6-15/h9-11,13,15-16H,3-8,12H2,1-2H3. The molecule has 1 aliphatic carbocycles. The van der Waals surface area contributed by atoms with Gasteiger partial charge >= 0.3 is 0 Å². The van der Waals surface area contributed by atoms with E-state index in [-0.39, 0.29) is 0 Å². The van der Waals surface area contributed by atoms with Crippen LogP contribution in [0.3, 0.4) is 0 Å². The zero-order chi connectivity index (χ0) is 17.2. The van der Waals surface area contributed by atoms with Crippen molar-refractivity contribution in [3.05, 3.63) is 36.0 Å². The Bertz CT molecular complexity index is 712. The molecule has 1 saturated carbocycles. The number of aryl methyl sites for hydroxylation is 1. The van der Waals surface area contributed by atoms with E-state index in [2.05, 4.69) is 42.8 Å². The summed E-state index contributed by atoms with van der Waals surface area (Å²) >= 11 is 0. The van der Waals surface area contributed by atoms with Crippen LogP contribution in [0.1, 0.15) is 49.3 Å². The van der Waals surface area contributed by atoms with E-state index in [9.17, 15) is 0 Å². The second-order valence-electron chi connectivity index (χ2n) is 7.34. The molecule has 0 aromatic carbocycles. The highest BCUT2D eigenvalue weighted by molar-refractivity contribution is 5.42. The first-order valence-corrected chi connectivity index (χ1v) is 9.29. The third-order valence-electron chi connectivity index (χ3n) is 5.55. The van der Waals surface area contributed by atoms with Crippen LogP contribution >= 0.6 is 0 Å². The van der Waals surface area contributed by atoms with Gasteiger partial charge in [-0.2, -0.15) is 0 Å². The summed E-state index contributed by atoms with van der Waals surface area (Å²) in [5.41, 5.74) is 2.31. The topological polar surface area (TPSA) is 58.0 Å². The number of nitrogens with zero attached hydrogens (tertiary/aromatic N) is 6. The molecule has 2 aliphatic rings. The van der Waals surface area contributed by atoms with Crippen LogP contribution in [0.5, 0.6) is 0 Å². The van der Waals surface area contributed by atoms with Crippen molar-refractivity contribution in [2.45, 2.75) is 51.0 Å². The van der Waals surface area contributed by atoms with Crippen molar-refractivity contribution in [1.29, 1.82) is 0 Å². The summed E-state index contributed by atoms with van der Waals surface area (Å²) in [6, 6.07) is 2.60. The zero-order valence-electron chi connectivity index (χ0n) is 15.1. The molecule has 2 aromatic heterocycles. The molecule has 132 valence electrons. The zero-order valence-corrected chi connectivity index (χ0v) is 15.1. The molecule has 1 atom stereocenters. The predicted octanol–water partition coefficient (Wildman–Crippen LogP) is 2.95. The molecule has 2 aromatic rings. The molecule has 0 bridgehead atoms. The molecule has 3 heterocycles. The third-order valence-corrected chi connectivity index (χ3v) is 5.55. The minimum Gasteiger partial charge on any atom is -0.354 e. The van der Waals surface area contributed by atoms with E-state index in [4.69, 9.17) is 0 Å². The SMILES string of the molecule is Cc1cnc(N(C)C2CCCN(c3cc(C4CCC4)ncn3)C2)nc1. The predicted molar refractivity (Wildman–Crippen MR) is 99.0 cm³/mol. The summed E-state index contributed by atoms with van der Waals surface area (Å²) in [5, 5.41) is 0. The fourth-order valence-electron chi connectivity index (χ4n) is 3.67. The van der Waals surface area contributed by atoms with Gasteiger partial charge in [0.1, 0.15) is 12.1 Å². The Morgan fingerprint density at radius 3 is 2.56 bits per heavy atom. The smallest absolute Gasteiger partial charge is 0.225 e. The lowest BCUT2D eigenvalue weighted by Crippen LogP contribution is -2.47. The van der Waals surface area contributed by atoms with Crippen LogP contribution in [0.4, 0.5) is 11.8 Å². The monoisotopic (exact) mass is 338 g/mol. The Morgan fingerprint density at radius 1 is 1.04 bits per heavy atom. The lowest BCUT2D eigenvalue weighted by molar-refractivity contribution is 0.410. The molecule has 1 saturated heterocycles. The van der Waals surface area contributed by atoms with Gasteiger partial charge in [-0.25, -0.2) is 19.9 Å². The van der Waals surface area contributed by atoms with Gasteiger partial charge in [-0.1, -0.05) is 6.42 Å². The first kappa shape index (κ1) is 16.2. The molecule has 0 spiro atoms. The maximum atomic E-state index is 4.55. The molecule has 1 aliphatic heterocycles. The summed E-state index contributed by atoms with van der Waals surface area (Å²) in [7, 11) is 2.10. The van der Waals surface area contributed by atoms with Crippen molar-refractivity contribution in [3.63, 3.8) is 0 Å². The van der Waals surface area contributed by atoms with Crippen LogP contribution in [-0.2, 0) is 0 Å². The second kappa shape index (κ2) is 6.94. The molecular weight excluding hydrogens is 312 g/mol. The van der Waals surface area contributed by atoms with Crippen LogP contribution in [-0.4, -0.2) is 46.1 Å². The van der Waals surface area contributed by atoms with Gasteiger partial charge in [0, 0.05) is 56.3 Å². The summed E-state index contributed by atoms with van der Waals surface area (Å²) in [5.74, 6) is 2.51. The molecule has 0 radical (unpaired) electrons. The van der Waals surface area contributed by atoms with Gasteiger partial charge in [0.05, 0.1) is 0 Å². The van der Waals surface area contributed by atoms with Crippen molar-refractivity contribution in [2.75, 3.05) is 29.9 Å². The Hall–Kier alpha value is -2.24. The van der Waals surface area contributed by atoms with E-state index in [0.29, 0.717) is 12.0 Å². The van der Waals surface area contributed by atoms with Crippen molar-refractivity contribution in [3.8, 4) is 0 Å². The highest BCUT2D eigenvalue weighted by Crippen LogP contribution is 2.36. The number of hydrogen-bond donors (Lipinski definition) is 0. The van der Waals surface area contributed by atoms with Crippen LogP contribution in [0.25, 0.3) is 0 Å². The normalized spacial score (nSPS) is 21.0. The number of rotatable bonds is 4. The Labute approximate surface area is 149 Å². The van der Waals surface area contributed by atoms with E-state index in [1.54, 1.807) is 6.33 Å². The Balaban J connectivity index is 1.48. The summed E-state index contributed by atoms with van der Waals surface area (Å²) in [6.45, 7) is 4.02. The van der Waals surface area contributed by atoms with E-state index < -0.39 is 0 Å². The van der Waals surface area contributed by atoms with Gasteiger partial charge in [-0.05, 0) is 38.2 Å². The van der Waals surface area contributed by atoms with E-state index >= 15 is 0 Å². The fourth-order valence-corrected chi connectivity index (χ4v) is 3.67.